The molecule has 5 rings (SSSR count). The van der Waals surface area contributed by atoms with Gasteiger partial charge in [-0.25, -0.2) is 13.6 Å². The number of hydrogen-bond donors (Lipinski definition) is 1. The van der Waals surface area contributed by atoms with E-state index in [1.807, 2.05) is 6.92 Å². The summed E-state index contributed by atoms with van der Waals surface area (Å²) in [7, 11) is 3.01. The van der Waals surface area contributed by atoms with Crippen LogP contribution in [0, 0.1) is 11.6 Å². The molecule has 17 heteroatoms. The Morgan fingerprint density at radius 2 is 1.82 bits per heavy atom. The van der Waals surface area contributed by atoms with Gasteiger partial charge < -0.3 is 48.0 Å². The number of halogens is 2. The summed E-state index contributed by atoms with van der Waals surface area (Å²) in [6.45, 7) is 2.65. The van der Waals surface area contributed by atoms with Gasteiger partial charge in [0, 0.05) is 44.1 Å². The second-order valence-electron chi connectivity index (χ2n) is 11.7. The highest BCUT2D eigenvalue weighted by molar-refractivity contribution is 6.00. The average Bonchev–Trinajstić information content (AvgIpc) is 3.46. The Morgan fingerprint density at radius 3 is 2.51 bits per heavy atom. The van der Waals surface area contributed by atoms with Crippen LogP contribution in [0.1, 0.15) is 58.6 Å². The second kappa shape index (κ2) is 15.7. The van der Waals surface area contributed by atoms with Crippen LogP contribution in [0.4, 0.5) is 13.6 Å². The van der Waals surface area contributed by atoms with E-state index in [1.54, 1.807) is 12.0 Å². The van der Waals surface area contributed by atoms with Gasteiger partial charge in [-0.05, 0) is 25.8 Å². The molecule has 0 unspecified atom stereocenters. The minimum absolute atomic E-state index is 0.0177. The maximum atomic E-state index is 14.3. The van der Waals surface area contributed by atoms with Gasteiger partial charge in [0.25, 0.3) is 11.8 Å². The van der Waals surface area contributed by atoms with Crippen molar-refractivity contribution in [3.8, 4) is 5.75 Å². The van der Waals surface area contributed by atoms with Crippen LogP contribution in [0.15, 0.2) is 34.3 Å². The van der Waals surface area contributed by atoms with Gasteiger partial charge in [0.1, 0.15) is 23.8 Å². The fourth-order valence-electron chi connectivity index (χ4n) is 5.97. The molecule has 4 heterocycles. The standard InChI is InChI=1S/C32H38F2N4O11/c1-19-6-7-32(15-25(44-3)36-49-32)24-18-37(19)30(41)26-28(48-31(42)47-13-12-46-11-10-45-9-8-43-2)27(39)22(17-38(24)26)29(40)35-16-20-4-5-21(33)14-23(20)34/h4-5,14,17,19,24H,6-13,15-16,18H2,1-3H3,(H,35,40)/t19-,24+,32-/m0/s1. The first-order valence-electron chi connectivity index (χ1n) is 15.7. The third-order valence-electron chi connectivity index (χ3n) is 8.64. The first-order chi connectivity index (χ1) is 23.6. The monoisotopic (exact) mass is 692 g/mol. The van der Waals surface area contributed by atoms with E-state index in [2.05, 4.69) is 10.5 Å². The molecule has 49 heavy (non-hydrogen) atoms. The number of benzene rings is 1. The number of oxime groups is 1. The van der Waals surface area contributed by atoms with Crippen molar-refractivity contribution in [2.45, 2.75) is 50.4 Å². The number of carbonyl (C=O) groups is 3. The van der Waals surface area contributed by atoms with Crippen LogP contribution in [0.2, 0.25) is 0 Å². The quantitative estimate of drug-likeness (QED) is 0.242. The van der Waals surface area contributed by atoms with Crippen molar-refractivity contribution in [3.63, 3.8) is 0 Å². The first kappa shape index (κ1) is 35.7. The fraction of sp³-hybridized carbons (Fsp3) is 0.531. The molecule has 0 saturated carbocycles. The van der Waals surface area contributed by atoms with Crippen molar-refractivity contribution in [2.24, 2.45) is 5.16 Å². The summed E-state index contributed by atoms with van der Waals surface area (Å²) in [5.74, 6) is -3.67. The number of nitrogens with zero attached hydrogens (tertiary/aromatic N) is 3. The molecular weight excluding hydrogens is 654 g/mol. The molecule has 0 radical (unpaired) electrons. The van der Waals surface area contributed by atoms with Gasteiger partial charge in [0.2, 0.25) is 17.1 Å². The highest BCUT2D eigenvalue weighted by atomic mass is 19.1. The maximum absolute atomic E-state index is 14.3. The molecule has 1 N–H and O–H groups in total. The zero-order chi connectivity index (χ0) is 35.1. The summed E-state index contributed by atoms with van der Waals surface area (Å²) in [6.07, 6.45) is 1.06. The number of rotatable bonds is 13. The normalized spacial score (nSPS) is 21.0. The number of ether oxygens (including phenoxy) is 6. The van der Waals surface area contributed by atoms with Crippen LogP contribution in [-0.2, 0) is 35.1 Å². The van der Waals surface area contributed by atoms with E-state index in [-0.39, 0.29) is 50.1 Å². The van der Waals surface area contributed by atoms with E-state index >= 15 is 0 Å². The molecule has 0 aliphatic carbocycles. The molecule has 2 amide bonds. The van der Waals surface area contributed by atoms with Gasteiger partial charge in [-0.1, -0.05) is 11.2 Å². The molecule has 2 aromatic rings. The van der Waals surface area contributed by atoms with Crippen molar-refractivity contribution < 1.29 is 56.4 Å². The number of aromatic nitrogens is 1. The van der Waals surface area contributed by atoms with E-state index in [9.17, 15) is 28.0 Å². The minimum atomic E-state index is -1.31. The molecule has 1 spiro atoms. The highest BCUT2D eigenvalue weighted by Gasteiger charge is 2.55. The Hall–Kier alpha value is -4.61. The van der Waals surface area contributed by atoms with Crippen LogP contribution in [0.3, 0.4) is 0 Å². The van der Waals surface area contributed by atoms with E-state index in [4.69, 9.17) is 33.3 Å². The Bertz CT molecular complexity index is 1650. The van der Waals surface area contributed by atoms with Crippen molar-refractivity contribution in [3.05, 3.63) is 63.1 Å². The lowest BCUT2D eigenvalue weighted by Gasteiger charge is -2.41. The number of fused-ring (bicyclic) bond motifs is 5. The molecule has 15 nitrogen and oxygen atoms in total. The average molecular weight is 693 g/mol. The molecule has 2 bridgehead atoms. The lowest BCUT2D eigenvalue weighted by molar-refractivity contribution is -0.0655. The van der Waals surface area contributed by atoms with Crippen molar-refractivity contribution in [1.29, 1.82) is 0 Å². The summed E-state index contributed by atoms with van der Waals surface area (Å²) >= 11 is 0. The predicted molar refractivity (Wildman–Crippen MR) is 165 cm³/mol. The zero-order valence-electron chi connectivity index (χ0n) is 27.3. The largest absolute Gasteiger partial charge is 0.514 e. The number of hydrogen-bond acceptors (Lipinski definition) is 12. The van der Waals surface area contributed by atoms with Crippen molar-refractivity contribution in [1.82, 2.24) is 14.8 Å². The number of nitrogens with one attached hydrogen (secondary N) is 1. The zero-order valence-corrected chi connectivity index (χ0v) is 27.3. The maximum Gasteiger partial charge on any atom is 0.514 e. The third-order valence-corrected chi connectivity index (χ3v) is 8.64. The van der Waals surface area contributed by atoms with E-state index in [0.717, 1.165) is 12.1 Å². The second-order valence-corrected chi connectivity index (χ2v) is 11.7. The van der Waals surface area contributed by atoms with Crippen molar-refractivity contribution >= 4 is 23.9 Å². The Kier molecular flexibility index (Phi) is 11.5. The summed E-state index contributed by atoms with van der Waals surface area (Å²) in [5, 5.41) is 6.53. The van der Waals surface area contributed by atoms with Crippen LogP contribution >= 0.6 is 0 Å². The first-order valence-corrected chi connectivity index (χ1v) is 15.7. The van der Waals surface area contributed by atoms with E-state index in [1.165, 1.54) is 17.9 Å². The SMILES string of the molecule is COCCOCCOCCOC(=O)Oc1c2n(cc(C(=O)NCc3ccc(F)cc3F)c1=O)[C@@H]1CN(C2=O)[C@@H](C)CC[C@]12CC(OC)=NO2. The topological polar surface area (TPSA) is 165 Å². The number of methoxy groups -OCH3 is 2. The molecule has 3 atom stereocenters. The highest BCUT2D eigenvalue weighted by Crippen LogP contribution is 2.46. The van der Waals surface area contributed by atoms with Crippen LogP contribution in [0.5, 0.6) is 5.75 Å². The molecule has 266 valence electrons. The van der Waals surface area contributed by atoms with E-state index in [0.29, 0.717) is 44.6 Å². The number of carbonyl (C=O) groups excluding carboxylic acids is 3. The van der Waals surface area contributed by atoms with Crippen LogP contribution < -0.4 is 15.5 Å². The summed E-state index contributed by atoms with van der Waals surface area (Å²) in [4.78, 5) is 61.8. The molecule has 1 fully saturated rings. The van der Waals surface area contributed by atoms with Gasteiger partial charge in [0.05, 0.1) is 52.6 Å². The van der Waals surface area contributed by atoms with Crippen molar-refractivity contribution in [2.75, 3.05) is 60.4 Å². The lowest BCUT2D eigenvalue weighted by Crippen LogP contribution is -2.52. The summed E-state index contributed by atoms with van der Waals surface area (Å²) < 4.78 is 60.5. The molecular formula is C32H38F2N4O11. The van der Waals surface area contributed by atoms with Gasteiger partial charge in [-0.2, -0.15) is 0 Å². The van der Waals surface area contributed by atoms with Crippen LogP contribution in [-0.4, -0.2) is 105 Å². The third kappa shape index (κ3) is 7.84. The molecule has 3 aliphatic rings. The Balaban J connectivity index is 1.44. The Morgan fingerprint density at radius 1 is 1.08 bits per heavy atom. The van der Waals surface area contributed by atoms with Crippen LogP contribution in [0.25, 0.3) is 0 Å². The molecule has 1 aromatic carbocycles. The Labute approximate surface area is 279 Å². The number of pyridine rings is 1. The van der Waals surface area contributed by atoms with Gasteiger partial charge in [-0.15, -0.1) is 0 Å². The summed E-state index contributed by atoms with van der Waals surface area (Å²) in [6, 6.07) is 1.84. The van der Waals surface area contributed by atoms with Gasteiger partial charge in [-0.3, -0.25) is 14.4 Å². The van der Waals surface area contributed by atoms with Gasteiger partial charge >= 0.3 is 6.16 Å². The smallest absolute Gasteiger partial charge is 0.482 e. The van der Waals surface area contributed by atoms with Gasteiger partial charge in [0.15, 0.2) is 11.3 Å². The minimum Gasteiger partial charge on any atom is -0.482 e. The lowest BCUT2D eigenvalue weighted by atomic mass is 9.85. The van der Waals surface area contributed by atoms with E-state index < -0.39 is 64.5 Å². The summed E-state index contributed by atoms with van der Waals surface area (Å²) in [5.41, 5.74) is -2.95. The molecule has 1 saturated heterocycles. The molecule has 3 aliphatic heterocycles. The fourth-order valence-corrected chi connectivity index (χ4v) is 5.97. The predicted octanol–water partition coefficient (Wildman–Crippen LogP) is 2.55. The molecule has 1 aromatic heterocycles. The number of amides is 2.